The van der Waals surface area contributed by atoms with Crippen molar-refractivity contribution >= 4 is 22.6 Å². The lowest BCUT2D eigenvalue weighted by Gasteiger charge is -2.36. The molecule has 2 aliphatic rings. The van der Waals surface area contributed by atoms with Crippen molar-refractivity contribution in [2.45, 2.75) is 25.0 Å². The van der Waals surface area contributed by atoms with Crippen LogP contribution in [0.2, 0.25) is 0 Å². The highest BCUT2D eigenvalue weighted by atomic mass is 16.3. The fraction of sp³-hybridized carbons (Fsp3) is 0.348. The number of hydrogen-bond acceptors (Lipinski definition) is 4. The van der Waals surface area contributed by atoms with Gasteiger partial charge in [0.2, 0.25) is 0 Å². The van der Waals surface area contributed by atoms with Gasteiger partial charge in [0, 0.05) is 31.7 Å². The van der Waals surface area contributed by atoms with Gasteiger partial charge < -0.3 is 19.0 Å². The number of hydrogen-bond donors (Lipinski definition) is 1. The van der Waals surface area contributed by atoms with Crippen LogP contribution in [0.15, 0.2) is 61.3 Å². The number of fused-ring (bicyclic) bond motifs is 3. The van der Waals surface area contributed by atoms with E-state index in [0.29, 0.717) is 30.4 Å². The zero-order valence-corrected chi connectivity index (χ0v) is 16.5. The molecule has 7 nitrogen and oxygen atoms in total. The van der Waals surface area contributed by atoms with Crippen LogP contribution in [-0.2, 0) is 0 Å². The molecule has 4 heterocycles. The van der Waals surface area contributed by atoms with E-state index in [-0.39, 0.29) is 11.9 Å². The van der Waals surface area contributed by atoms with E-state index in [4.69, 9.17) is 0 Å². The molecule has 4 atom stereocenters. The lowest BCUT2D eigenvalue weighted by Crippen LogP contribution is -2.36. The van der Waals surface area contributed by atoms with Crippen molar-refractivity contribution in [3.8, 4) is 0 Å². The van der Waals surface area contributed by atoms with Gasteiger partial charge in [-0.3, -0.25) is 4.79 Å². The van der Waals surface area contributed by atoms with Gasteiger partial charge in [0.1, 0.15) is 5.65 Å². The predicted molar refractivity (Wildman–Crippen MR) is 112 cm³/mol. The topological polar surface area (TPSA) is 75.7 Å². The third-order valence-corrected chi connectivity index (χ3v) is 6.87. The number of likely N-dealkylation sites (tertiary alicyclic amines) is 1. The Morgan fingerprint density at radius 1 is 1.03 bits per heavy atom. The SMILES string of the molecule is O=C(c1ccc2nccn2c1)N1C[C@H]2C[C@@H](n3cnc4ccccc43)[C@H](O)C[C@H]2C1. The average Bonchev–Trinajstić information content (AvgIpc) is 3.49. The number of carbonyl (C=O) groups excluding carboxylic acids is 1. The number of carbonyl (C=O) groups is 1. The molecular formula is C23H23N5O2. The molecule has 0 unspecified atom stereocenters. The second-order valence-corrected chi connectivity index (χ2v) is 8.59. The van der Waals surface area contributed by atoms with E-state index in [0.717, 1.165) is 29.6 Å². The first-order valence-electron chi connectivity index (χ1n) is 10.5. The van der Waals surface area contributed by atoms with E-state index in [1.165, 1.54) is 0 Å². The smallest absolute Gasteiger partial charge is 0.255 e. The monoisotopic (exact) mass is 401 g/mol. The van der Waals surface area contributed by atoms with Crippen molar-refractivity contribution in [2.24, 2.45) is 11.8 Å². The standard InChI is InChI=1S/C23H23N5O2/c29-21-10-17-13-27(23(30)15-5-6-22-24-7-8-26(22)11-15)12-16(17)9-20(21)28-14-25-18-3-1-2-4-19(18)28/h1-8,11,14,16-17,20-21,29H,9-10,12-13H2/t16-,17+,20-,21-/m1/s1. The maximum Gasteiger partial charge on any atom is 0.255 e. The summed E-state index contributed by atoms with van der Waals surface area (Å²) >= 11 is 0. The molecule has 0 spiro atoms. The molecular weight excluding hydrogens is 378 g/mol. The summed E-state index contributed by atoms with van der Waals surface area (Å²) in [6, 6.07) is 11.8. The van der Waals surface area contributed by atoms with Crippen LogP contribution in [-0.4, -0.2) is 54.0 Å². The number of pyridine rings is 1. The molecule has 1 saturated heterocycles. The summed E-state index contributed by atoms with van der Waals surface area (Å²) < 4.78 is 3.99. The fourth-order valence-corrected chi connectivity index (χ4v) is 5.34. The Hall–Kier alpha value is -3.19. The molecule has 0 bridgehead atoms. The molecule has 1 aliphatic heterocycles. The van der Waals surface area contributed by atoms with E-state index in [2.05, 4.69) is 20.6 Å². The van der Waals surface area contributed by atoms with Gasteiger partial charge in [-0.2, -0.15) is 0 Å². The molecule has 1 aromatic carbocycles. The lowest BCUT2D eigenvalue weighted by molar-refractivity contribution is 0.0374. The first kappa shape index (κ1) is 17.7. The Morgan fingerprint density at radius 2 is 1.87 bits per heavy atom. The minimum atomic E-state index is -0.429. The van der Waals surface area contributed by atoms with Gasteiger partial charge in [-0.25, -0.2) is 9.97 Å². The van der Waals surface area contributed by atoms with Crippen molar-refractivity contribution in [3.63, 3.8) is 0 Å². The zero-order chi connectivity index (χ0) is 20.2. The van der Waals surface area contributed by atoms with Crippen LogP contribution in [0.4, 0.5) is 0 Å². The number of aliphatic hydroxyl groups is 1. The number of benzene rings is 1. The number of rotatable bonds is 2. The number of aromatic nitrogens is 4. The summed E-state index contributed by atoms with van der Waals surface area (Å²) in [5, 5.41) is 10.9. The van der Waals surface area contributed by atoms with Crippen LogP contribution >= 0.6 is 0 Å². The second-order valence-electron chi connectivity index (χ2n) is 8.59. The van der Waals surface area contributed by atoms with Crippen molar-refractivity contribution in [2.75, 3.05) is 13.1 Å². The number of para-hydroxylation sites is 2. The van der Waals surface area contributed by atoms with Crippen LogP contribution in [0.1, 0.15) is 29.2 Å². The highest BCUT2D eigenvalue weighted by Crippen LogP contribution is 2.42. The Labute approximate surface area is 173 Å². The molecule has 1 amide bonds. The van der Waals surface area contributed by atoms with E-state index in [1.54, 1.807) is 6.20 Å². The molecule has 7 heteroatoms. The van der Waals surface area contributed by atoms with Crippen LogP contribution in [0.25, 0.3) is 16.7 Å². The summed E-state index contributed by atoms with van der Waals surface area (Å²) in [5.74, 6) is 0.784. The van der Waals surface area contributed by atoms with Gasteiger partial charge in [0.05, 0.1) is 35.1 Å². The predicted octanol–water partition coefficient (Wildman–Crippen LogP) is 2.77. The van der Waals surface area contributed by atoms with E-state index in [9.17, 15) is 9.90 Å². The van der Waals surface area contributed by atoms with Gasteiger partial charge >= 0.3 is 0 Å². The van der Waals surface area contributed by atoms with Crippen LogP contribution in [0, 0.1) is 11.8 Å². The molecule has 0 radical (unpaired) electrons. The molecule has 1 saturated carbocycles. The van der Waals surface area contributed by atoms with Gasteiger partial charge in [0.25, 0.3) is 5.91 Å². The summed E-state index contributed by atoms with van der Waals surface area (Å²) in [7, 11) is 0. The van der Waals surface area contributed by atoms with Crippen molar-refractivity contribution in [1.82, 2.24) is 23.8 Å². The van der Waals surface area contributed by atoms with Gasteiger partial charge in [-0.1, -0.05) is 12.1 Å². The van der Waals surface area contributed by atoms with Crippen molar-refractivity contribution in [1.29, 1.82) is 0 Å². The first-order chi connectivity index (χ1) is 14.7. The normalized spacial score (nSPS) is 26.4. The number of aliphatic hydroxyl groups excluding tert-OH is 1. The van der Waals surface area contributed by atoms with Gasteiger partial charge in [0.15, 0.2) is 0 Å². The lowest BCUT2D eigenvalue weighted by atomic mass is 9.77. The quantitative estimate of drug-likeness (QED) is 0.560. The molecule has 30 heavy (non-hydrogen) atoms. The van der Waals surface area contributed by atoms with Crippen molar-refractivity contribution < 1.29 is 9.90 Å². The molecule has 2 fully saturated rings. The minimum absolute atomic E-state index is 0.00370. The summed E-state index contributed by atoms with van der Waals surface area (Å²) in [6.45, 7) is 1.45. The summed E-state index contributed by atoms with van der Waals surface area (Å²) in [6.07, 6.45) is 8.42. The average molecular weight is 401 g/mol. The molecule has 152 valence electrons. The molecule has 3 aromatic heterocycles. The molecule has 6 rings (SSSR count). The number of nitrogens with zero attached hydrogens (tertiary/aromatic N) is 5. The Bertz CT molecular complexity index is 1240. The Morgan fingerprint density at radius 3 is 2.77 bits per heavy atom. The van der Waals surface area contributed by atoms with Gasteiger partial charge in [-0.05, 0) is 48.9 Å². The van der Waals surface area contributed by atoms with Gasteiger partial charge in [-0.15, -0.1) is 0 Å². The maximum atomic E-state index is 13.1. The number of imidazole rings is 2. The van der Waals surface area contributed by atoms with Crippen LogP contribution in [0.3, 0.4) is 0 Å². The highest BCUT2D eigenvalue weighted by molar-refractivity contribution is 5.94. The van der Waals surface area contributed by atoms with E-state index < -0.39 is 6.10 Å². The minimum Gasteiger partial charge on any atom is -0.391 e. The molecule has 1 N–H and O–H groups in total. The zero-order valence-electron chi connectivity index (χ0n) is 16.5. The third kappa shape index (κ3) is 2.73. The van der Waals surface area contributed by atoms with Crippen molar-refractivity contribution in [3.05, 3.63) is 66.9 Å². The first-order valence-corrected chi connectivity index (χ1v) is 10.5. The Kier molecular flexibility index (Phi) is 3.92. The van der Waals surface area contributed by atoms with Crippen LogP contribution in [0.5, 0.6) is 0 Å². The number of amides is 1. The Balaban J connectivity index is 1.23. The van der Waals surface area contributed by atoms with E-state index >= 15 is 0 Å². The summed E-state index contributed by atoms with van der Waals surface area (Å²) in [4.78, 5) is 23.8. The van der Waals surface area contributed by atoms with E-state index in [1.807, 2.05) is 58.4 Å². The fourth-order valence-electron chi connectivity index (χ4n) is 5.34. The maximum absolute atomic E-state index is 13.1. The molecule has 4 aromatic rings. The molecule has 1 aliphatic carbocycles. The highest BCUT2D eigenvalue weighted by Gasteiger charge is 2.43. The second kappa shape index (κ2) is 6.67. The van der Waals surface area contributed by atoms with Crippen LogP contribution < -0.4 is 0 Å². The summed E-state index contributed by atoms with van der Waals surface area (Å²) in [5.41, 5.74) is 3.52. The third-order valence-electron chi connectivity index (χ3n) is 6.87. The largest absolute Gasteiger partial charge is 0.391 e.